The predicted molar refractivity (Wildman–Crippen MR) is 51.1 cm³/mol. The largest absolute Gasteiger partial charge is 0.294 e. The monoisotopic (exact) mass is 172 g/mol. The predicted octanol–water partition coefficient (Wildman–Crippen LogP) is 2.69. The third-order valence-corrected chi connectivity index (χ3v) is 3.39. The zero-order chi connectivity index (χ0) is 8.84. The van der Waals surface area contributed by atoms with Crippen LogP contribution in [0.25, 0.3) is 0 Å². The Balaban J connectivity index is 2.28. The molecule has 0 fully saturated rings. The normalized spacial score (nSPS) is 24.6. The first-order valence-corrected chi connectivity index (χ1v) is 5.01. The molecular weight excluding hydrogens is 160 g/mol. The van der Waals surface area contributed by atoms with Gasteiger partial charge in [0.2, 0.25) is 0 Å². The van der Waals surface area contributed by atoms with Crippen LogP contribution in [0.5, 0.6) is 0 Å². The lowest BCUT2D eigenvalue weighted by atomic mass is 9.83. The maximum Gasteiger partial charge on any atom is 0.163 e. The van der Waals surface area contributed by atoms with Gasteiger partial charge < -0.3 is 0 Å². The molecule has 1 heteroatoms. The lowest BCUT2D eigenvalue weighted by Crippen LogP contribution is -2.13. The quantitative estimate of drug-likeness (QED) is 0.588. The van der Waals surface area contributed by atoms with E-state index in [4.69, 9.17) is 0 Å². The maximum absolute atomic E-state index is 11.6. The average Bonchev–Trinajstić information content (AvgIpc) is 2.57. The van der Waals surface area contributed by atoms with Gasteiger partial charge in [-0.25, -0.2) is 0 Å². The minimum Gasteiger partial charge on any atom is -0.294 e. The molecule has 0 heterocycles. The standard InChI is InChI=1S/C12H12O/c13-11-7-6-9-5-4-8-2-1-3-10(11)12(8)9/h1-3,9H,4-7H2/t9-/m1/s1. The van der Waals surface area contributed by atoms with Crippen molar-refractivity contribution in [3.63, 3.8) is 0 Å². The fraction of sp³-hybridized carbons (Fsp3) is 0.417. The summed E-state index contributed by atoms with van der Waals surface area (Å²) in [4.78, 5) is 11.6. The highest BCUT2D eigenvalue weighted by atomic mass is 16.1. The zero-order valence-corrected chi connectivity index (χ0v) is 7.55. The fourth-order valence-corrected chi connectivity index (χ4v) is 2.76. The first-order valence-electron chi connectivity index (χ1n) is 5.01. The molecule has 1 nitrogen and oxygen atoms in total. The molecule has 0 amide bonds. The van der Waals surface area contributed by atoms with Crippen LogP contribution < -0.4 is 0 Å². The molecule has 0 aliphatic heterocycles. The summed E-state index contributed by atoms with van der Waals surface area (Å²) in [7, 11) is 0. The Morgan fingerprint density at radius 1 is 1.15 bits per heavy atom. The van der Waals surface area contributed by atoms with E-state index in [1.165, 1.54) is 24.0 Å². The third kappa shape index (κ3) is 0.902. The second-order valence-electron chi connectivity index (χ2n) is 4.08. The van der Waals surface area contributed by atoms with Crippen LogP contribution in [0.4, 0.5) is 0 Å². The average molecular weight is 172 g/mol. The van der Waals surface area contributed by atoms with Crippen molar-refractivity contribution in [3.8, 4) is 0 Å². The molecule has 3 rings (SSSR count). The molecule has 0 radical (unpaired) electrons. The number of carbonyl (C=O) groups is 1. The first kappa shape index (κ1) is 7.31. The molecule has 0 N–H and O–H groups in total. The van der Waals surface area contributed by atoms with Crippen LogP contribution in [-0.4, -0.2) is 5.78 Å². The molecule has 0 bridgehead atoms. The fourth-order valence-electron chi connectivity index (χ4n) is 2.76. The molecule has 1 aromatic carbocycles. The van der Waals surface area contributed by atoms with Crippen molar-refractivity contribution in [3.05, 3.63) is 34.9 Å². The molecule has 13 heavy (non-hydrogen) atoms. The highest BCUT2D eigenvalue weighted by Gasteiger charge is 2.31. The second-order valence-corrected chi connectivity index (χ2v) is 4.08. The van der Waals surface area contributed by atoms with E-state index in [1.54, 1.807) is 0 Å². The smallest absolute Gasteiger partial charge is 0.163 e. The summed E-state index contributed by atoms with van der Waals surface area (Å²) in [5.74, 6) is 1.05. The van der Waals surface area contributed by atoms with Gasteiger partial charge in [0.25, 0.3) is 0 Å². The molecule has 0 unspecified atom stereocenters. The van der Waals surface area contributed by atoms with Crippen LogP contribution >= 0.6 is 0 Å². The number of hydrogen-bond donors (Lipinski definition) is 0. The van der Waals surface area contributed by atoms with Crippen LogP contribution in [0.15, 0.2) is 18.2 Å². The number of hydrogen-bond acceptors (Lipinski definition) is 1. The SMILES string of the molecule is O=C1CC[C@H]2CCc3cccc1c32. The van der Waals surface area contributed by atoms with Gasteiger partial charge in [-0.2, -0.15) is 0 Å². The molecule has 2 aliphatic carbocycles. The lowest BCUT2D eigenvalue weighted by Gasteiger charge is -2.20. The van der Waals surface area contributed by atoms with Gasteiger partial charge in [0.05, 0.1) is 0 Å². The minimum absolute atomic E-state index is 0.356. The van der Waals surface area contributed by atoms with E-state index < -0.39 is 0 Å². The summed E-state index contributed by atoms with van der Waals surface area (Å²) in [5, 5.41) is 0. The van der Waals surface area contributed by atoms with Crippen LogP contribution in [-0.2, 0) is 6.42 Å². The third-order valence-electron chi connectivity index (χ3n) is 3.39. The number of benzene rings is 1. The number of rotatable bonds is 0. The van der Waals surface area contributed by atoms with Gasteiger partial charge in [0, 0.05) is 12.0 Å². The molecule has 0 spiro atoms. The summed E-state index contributed by atoms with van der Waals surface area (Å²) < 4.78 is 0. The van der Waals surface area contributed by atoms with Gasteiger partial charge in [-0.15, -0.1) is 0 Å². The van der Waals surface area contributed by atoms with Gasteiger partial charge in [0.1, 0.15) is 0 Å². The Labute approximate surface area is 77.8 Å². The van der Waals surface area contributed by atoms with E-state index in [9.17, 15) is 4.79 Å². The van der Waals surface area contributed by atoms with Crippen molar-refractivity contribution in [2.45, 2.75) is 31.6 Å². The van der Waals surface area contributed by atoms with E-state index in [0.717, 1.165) is 18.4 Å². The van der Waals surface area contributed by atoms with Gasteiger partial charge in [-0.05, 0) is 36.3 Å². The van der Waals surface area contributed by atoms with Crippen molar-refractivity contribution in [1.29, 1.82) is 0 Å². The Morgan fingerprint density at radius 2 is 2.00 bits per heavy atom. The zero-order valence-electron chi connectivity index (χ0n) is 7.55. The number of aryl methyl sites for hydroxylation is 1. The molecular formula is C12H12O. The summed E-state index contributed by atoms with van der Waals surface area (Å²) in [6.45, 7) is 0. The van der Waals surface area contributed by atoms with E-state index >= 15 is 0 Å². The molecule has 66 valence electrons. The molecule has 1 aromatic rings. The Bertz CT molecular complexity index is 379. The number of ketones is 1. The first-order chi connectivity index (χ1) is 6.36. The summed E-state index contributed by atoms with van der Waals surface area (Å²) in [6, 6.07) is 6.20. The van der Waals surface area contributed by atoms with Crippen molar-refractivity contribution in [1.82, 2.24) is 0 Å². The molecule has 0 saturated carbocycles. The Kier molecular flexibility index (Phi) is 1.37. The van der Waals surface area contributed by atoms with Crippen molar-refractivity contribution >= 4 is 5.78 Å². The van der Waals surface area contributed by atoms with E-state index in [1.807, 2.05) is 12.1 Å². The molecule has 0 aromatic heterocycles. The molecule has 2 aliphatic rings. The summed E-state index contributed by atoms with van der Waals surface area (Å²) >= 11 is 0. The highest BCUT2D eigenvalue weighted by molar-refractivity contribution is 5.99. The van der Waals surface area contributed by atoms with E-state index in [2.05, 4.69) is 6.07 Å². The minimum atomic E-state index is 0.356. The van der Waals surface area contributed by atoms with Gasteiger partial charge in [0.15, 0.2) is 5.78 Å². The topological polar surface area (TPSA) is 17.1 Å². The van der Waals surface area contributed by atoms with Crippen LogP contribution in [0.3, 0.4) is 0 Å². The van der Waals surface area contributed by atoms with Crippen LogP contribution in [0.2, 0.25) is 0 Å². The molecule has 0 saturated heterocycles. The van der Waals surface area contributed by atoms with Crippen molar-refractivity contribution < 1.29 is 4.79 Å². The van der Waals surface area contributed by atoms with Crippen molar-refractivity contribution in [2.24, 2.45) is 0 Å². The van der Waals surface area contributed by atoms with Gasteiger partial charge in [-0.1, -0.05) is 18.2 Å². The van der Waals surface area contributed by atoms with Crippen molar-refractivity contribution in [2.75, 3.05) is 0 Å². The van der Waals surface area contributed by atoms with Crippen LogP contribution in [0.1, 0.15) is 46.7 Å². The summed E-state index contributed by atoms with van der Waals surface area (Å²) in [5.41, 5.74) is 3.83. The lowest BCUT2D eigenvalue weighted by molar-refractivity contribution is 0.0967. The van der Waals surface area contributed by atoms with Gasteiger partial charge in [-0.3, -0.25) is 4.79 Å². The Hall–Kier alpha value is -1.11. The van der Waals surface area contributed by atoms with Crippen LogP contribution in [0, 0.1) is 0 Å². The highest BCUT2D eigenvalue weighted by Crippen LogP contribution is 2.42. The number of carbonyl (C=O) groups excluding carboxylic acids is 1. The van der Waals surface area contributed by atoms with E-state index in [0.29, 0.717) is 11.7 Å². The van der Waals surface area contributed by atoms with Gasteiger partial charge >= 0.3 is 0 Å². The Morgan fingerprint density at radius 3 is 2.92 bits per heavy atom. The molecule has 1 atom stereocenters. The maximum atomic E-state index is 11.6. The van der Waals surface area contributed by atoms with E-state index in [-0.39, 0.29) is 0 Å². The summed E-state index contributed by atoms with van der Waals surface area (Å²) in [6.07, 6.45) is 4.30. The number of Topliss-reactive ketones (excluding diaryl/α,β-unsaturated/α-hetero) is 1. The second kappa shape index (κ2) is 2.44.